The molecule has 2 fully saturated rings. The molecule has 3 heterocycles. The van der Waals surface area contributed by atoms with E-state index >= 15 is 0 Å². The van der Waals surface area contributed by atoms with Gasteiger partial charge in [0, 0.05) is 44.6 Å². The molecule has 2 aliphatic heterocycles. The second-order valence-electron chi connectivity index (χ2n) is 9.06. The van der Waals surface area contributed by atoms with E-state index in [0.717, 1.165) is 24.0 Å². The van der Waals surface area contributed by atoms with Crippen LogP contribution >= 0.6 is 0 Å². The third-order valence-corrected chi connectivity index (χ3v) is 7.75. The lowest BCUT2D eigenvalue weighted by Gasteiger charge is -2.32. The minimum atomic E-state index is -3.17. The lowest BCUT2D eigenvalue weighted by molar-refractivity contribution is 0.0584. The summed E-state index contributed by atoms with van der Waals surface area (Å²) in [6, 6.07) is 7.65. The fourth-order valence-electron chi connectivity index (χ4n) is 4.31. The van der Waals surface area contributed by atoms with Gasteiger partial charge in [0.25, 0.3) is 5.91 Å². The van der Waals surface area contributed by atoms with Gasteiger partial charge in [0.15, 0.2) is 0 Å². The molecular formula is C24H32N4O5S. The highest BCUT2D eigenvalue weighted by atomic mass is 32.2. The van der Waals surface area contributed by atoms with Gasteiger partial charge in [0.2, 0.25) is 21.8 Å². The molecule has 0 unspecified atom stereocenters. The molecule has 184 valence electrons. The topological polar surface area (TPSA) is 102 Å². The van der Waals surface area contributed by atoms with E-state index in [0.29, 0.717) is 56.3 Å². The summed E-state index contributed by atoms with van der Waals surface area (Å²) in [7, 11) is -3.17. The van der Waals surface area contributed by atoms with E-state index in [1.807, 2.05) is 43.0 Å². The summed E-state index contributed by atoms with van der Waals surface area (Å²) in [5.74, 6) is 1.01. The van der Waals surface area contributed by atoms with Crippen molar-refractivity contribution in [1.82, 2.24) is 19.2 Å². The van der Waals surface area contributed by atoms with Gasteiger partial charge in [-0.25, -0.2) is 22.7 Å². The number of aryl methyl sites for hydroxylation is 1. The monoisotopic (exact) mass is 488 g/mol. The number of nitrogens with zero attached hydrogens (tertiary/aromatic N) is 4. The fraction of sp³-hybridized carbons (Fsp3) is 0.542. The predicted octanol–water partition coefficient (Wildman–Crippen LogP) is 2.58. The van der Waals surface area contributed by atoms with Crippen LogP contribution in [0.25, 0.3) is 0 Å². The number of carbonyl (C=O) groups is 1. The molecule has 10 heteroatoms. The smallest absolute Gasteiger partial charge is 0.253 e. The van der Waals surface area contributed by atoms with E-state index in [-0.39, 0.29) is 18.1 Å². The zero-order valence-corrected chi connectivity index (χ0v) is 20.8. The maximum Gasteiger partial charge on any atom is 0.253 e. The fourth-order valence-corrected chi connectivity index (χ4v) is 5.18. The van der Waals surface area contributed by atoms with Crippen LogP contribution in [0.15, 0.2) is 30.6 Å². The largest absolute Gasteiger partial charge is 0.474 e. The van der Waals surface area contributed by atoms with Crippen LogP contribution in [0.3, 0.4) is 0 Å². The summed E-state index contributed by atoms with van der Waals surface area (Å²) < 4.78 is 37.1. The Hall–Kier alpha value is -2.72. The minimum absolute atomic E-state index is 0.0403. The first kappa shape index (κ1) is 24.4. The highest BCUT2D eigenvalue weighted by Gasteiger charge is 2.28. The van der Waals surface area contributed by atoms with E-state index in [9.17, 15) is 13.2 Å². The Kier molecular flexibility index (Phi) is 7.37. The molecule has 0 aliphatic carbocycles. The van der Waals surface area contributed by atoms with Crippen molar-refractivity contribution in [2.75, 3.05) is 32.4 Å². The quantitative estimate of drug-likeness (QED) is 0.616. The number of benzene rings is 1. The van der Waals surface area contributed by atoms with Gasteiger partial charge in [0.05, 0.1) is 11.8 Å². The molecule has 1 aromatic carbocycles. The molecule has 2 aliphatic rings. The Labute approximate surface area is 201 Å². The molecule has 0 spiro atoms. The second-order valence-corrected chi connectivity index (χ2v) is 11.0. The maximum absolute atomic E-state index is 12.8. The zero-order valence-electron chi connectivity index (χ0n) is 19.9. The molecule has 0 N–H and O–H groups in total. The summed E-state index contributed by atoms with van der Waals surface area (Å²) in [5, 5.41) is 0. The molecule has 4 rings (SSSR count). The van der Waals surface area contributed by atoms with Crippen molar-refractivity contribution in [3.05, 3.63) is 47.3 Å². The molecule has 0 radical (unpaired) electrons. The van der Waals surface area contributed by atoms with Gasteiger partial charge >= 0.3 is 0 Å². The lowest BCUT2D eigenvalue weighted by Crippen LogP contribution is -2.42. The first-order valence-electron chi connectivity index (χ1n) is 11.7. The van der Waals surface area contributed by atoms with E-state index in [1.165, 1.54) is 16.9 Å². The molecule has 1 amide bonds. The highest BCUT2D eigenvalue weighted by molar-refractivity contribution is 7.88. The van der Waals surface area contributed by atoms with Crippen LogP contribution in [0.1, 0.15) is 47.2 Å². The van der Waals surface area contributed by atoms with Gasteiger partial charge < -0.3 is 14.4 Å². The molecule has 1 aromatic heterocycles. The van der Waals surface area contributed by atoms with Crippen molar-refractivity contribution >= 4 is 15.9 Å². The zero-order chi connectivity index (χ0) is 24.3. The number of ether oxygens (including phenoxy) is 2. The number of rotatable bonds is 6. The van der Waals surface area contributed by atoms with Crippen LogP contribution in [0.4, 0.5) is 0 Å². The molecular weight excluding hydrogens is 456 g/mol. The van der Waals surface area contributed by atoms with Crippen LogP contribution in [-0.4, -0.2) is 78.1 Å². The third-order valence-electron chi connectivity index (χ3n) is 6.45. The first-order valence-corrected chi connectivity index (χ1v) is 13.5. The van der Waals surface area contributed by atoms with Crippen LogP contribution in [-0.2, 0) is 10.0 Å². The van der Waals surface area contributed by atoms with Crippen LogP contribution in [0.2, 0.25) is 0 Å². The number of likely N-dealkylation sites (tertiary alicyclic amines) is 1. The Morgan fingerprint density at radius 3 is 1.88 bits per heavy atom. The molecule has 2 saturated heterocycles. The van der Waals surface area contributed by atoms with Crippen molar-refractivity contribution in [2.24, 2.45) is 0 Å². The SMILES string of the molecule is Cc1ccc(C(=O)N2CCC(Oc3ncnc(OC4CCN(S(C)(=O)=O)CC4)c3C)CC2)cc1. The third kappa shape index (κ3) is 5.85. The molecule has 9 nitrogen and oxygen atoms in total. The standard InChI is InChI=1S/C24H32N4O5S/c1-17-4-6-19(7-5-17)24(29)27-12-8-20(9-13-27)32-22-18(2)23(26-16-25-22)33-21-10-14-28(15-11-21)34(3,30)31/h4-7,16,20-21H,8-15H2,1-3H3. The summed E-state index contributed by atoms with van der Waals surface area (Å²) in [6.07, 6.45) is 5.19. The van der Waals surface area contributed by atoms with Crippen LogP contribution in [0, 0.1) is 13.8 Å². The van der Waals surface area contributed by atoms with E-state index < -0.39 is 10.0 Å². The van der Waals surface area contributed by atoms with Gasteiger partial charge in [-0.15, -0.1) is 0 Å². The number of hydrogen-bond acceptors (Lipinski definition) is 7. The van der Waals surface area contributed by atoms with Crippen molar-refractivity contribution < 1.29 is 22.7 Å². The summed E-state index contributed by atoms with van der Waals surface area (Å²) in [6.45, 7) is 6.01. The number of carbonyl (C=O) groups excluding carboxylic acids is 1. The van der Waals surface area contributed by atoms with E-state index in [1.54, 1.807) is 0 Å². The van der Waals surface area contributed by atoms with Gasteiger partial charge in [-0.1, -0.05) is 17.7 Å². The first-order chi connectivity index (χ1) is 16.2. The normalized spacial score (nSPS) is 18.6. The Morgan fingerprint density at radius 2 is 1.38 bits per heavy atom. The van der Waals surface area contributed by atoms with Crippen molar-refractivity contribution in [1.29, 1.82) is 0 Å². The van der Waals surface area contributed by atoms with Crippen molar-refractivity contribution in [3.8, 4) is 11.8 Å². The maximum atomic E-state index is 12.8. The second kappa shape index (κ2) is 10.3. The van der Waals surface area contributed by atoms with Gasteiger partial charge in [-0.3, -0.25) is 4.79 Å². The average Bonchev–Trinajstić information content (AvgIpc) is 2.82. The molecule has 0 saturated carbocycles. The Bertz CT molecular complexity index is 1110. The minimum Gasteiger partial charge on any atom is -0.474 e. The van der Waals surface area contributed by atoms with Gasteiger partial charge in [-0.2, -0.15) is 0 Å². The molecule has 2 aromatic rings. The van der Waals surface area contributed by atoms with Crippen molar-refractivity contribution in [2.45, 2.75) is 51.7 Å². The molecule has 34 heavy (non-hydrogen) atoms. The lowest BCUT2D eigenvalue weighted by atomic mass is 10.1. The average molecular weight is 489 g/mol. The molecule has 0 atom stereocenters. The summed E-state index contributed by atoms with van der Waals surface area (Å²) in [5.41, 5.74) is 2.57. The molecule has 0 bridgehead atoms. The van der Waals surface area contributed by atoms with Crippen molar-refractivity contribution in [3.63, 3.8) is 0 Å². The predicted molar refractivity (Wildman–Crippen MR) is 128 cm³/mol. The summed E-state index contributed by atoms with van der Waals surface area (Å²) >= 11 is 0. The number of piperidine rings is 2. The number of sulfonamides is 1. The highest BCUT2D eigenvalue weighted by Crippen LogP contribution is 2.28. The van der Waals surface area contributed by atoms with Gasteiger partial charge in [-0.05, 0) is 38.8 Å². The number of hydrogen-bond donors (Lipinski definition) is 0. The number of aromatic nitrogens is 2. The Morgan fingerprint density at radius 1 is 0.882 bits per heavy atom. The van der Waals surface area contributed by atoms with Crippen LogP contribution < -0.4 is 9.47 Å². The Balaban J connectivity index is 1.31. The van der Waals surface area contributed by atoms with E-state index in [4.69, 9.17) is 9.47 Å². The van der Waals surface area contributed by atoms with Crippen LogP contribution in [0.5, 0.6) is 11.8 Å². The van der Waals surface area contributed by atoms with E-state index in [2.05, 4.69) is 9.97 Å². The summed E-state index contributed by atoms with van der Waals surface area (Å²) in [4.78, 5) is 23.2. The number of amides is 1. The van der Waals surface area contributed by atoms with Gasteiger partial charge in [0.1, 0.15) is 18.5 Å².